The Morgan fingerprint density at radius 2 is 1.21 bits per heavy atom. The minimum absolute atomic E-state index is 0.0128. The van der Waals surface area contributed by atoms with Crippen LogP contribution in [-0.4, -0.2) is 36.7 Å². The van der Waals surface area contributed by atoms with Crippen LogP contribution in [-0.2, 0) is 19.2 Å². The molecule has 0 aromatic carbocycles. The van der Waals surface area contributed by atoms with Crippen molar-refractivity contribution in [3.63, 3.8) is 0 Å². The molecule has 0 rings (SSSR count). The van der Waals surface area contributed by atoms with E-state index in [2.05, 4.69) is 39.6 Å². The number of amides is 3. The van der Waals surface area contributed by atoms with Gasteiger partial charge in [0.2, 0.25) is 17.7 Å². The third kappa shape index (κ3) is 16.7. The third-order valence-electron chi connectivity index (χ3n) is 3.26. The molecule has 0 saturated heterocycles. The number of carbonyl (C=O) groups is 4. The van der Waals surface area contributed by atoms with Crippen LogP contribution in [0.5, 0.6) is 0 Å². The first-order chi connectivity index (χ1) is 13.2. The third-order valence-corrected chi connectivity index (χ3v) is 3.26. The van der Waals surface area contributed by atoms with Crippen LogP contribution in [0, 0.1) is 35.5 Å². The molecule has 0 aliphatic carbocycles. The van der Waals surface area contributed by atoms with Gasteiger partial charge in [-0.15, -0.1) is 0 Å². The maximum absolute atomic E-state index is 11.6. The van der Waals surface area contributed by atoms with E-state index in [9.17, 15) is 19.2 Å². The minimum atomic E-state index is -0.317. The smallest absolute Gasteiger partial charge is 0.233 e. The first kappa shape index (κ1) is 25.2. The van der Waals surface area contributed by atoms with Gasteiger partial charge in [-0.1, -0.05) is 39.5 Å². The van der Waals surface area contributed by atoms with Gasteiger partial charge in [0.05, 0.1) is 19.5 Å². The van der Waals surface area contributed by atoms with Crippen molar-refractivity contribution < 1.29 is 19.2 Å². The molecule has 3 N–H and O–H groups in total. The fraction of sp³-hybridized carbons (Fsp3) is 0.619. The predicted octanol–water partition coefficient (Wildman–Crippen LogP) is 1.13. The summed E-state index contributed by atoms with van der Waals surface area (Å²) in [5, 5.41) is 7.75. The average molecular weight is 389 g/mol. The number of Topliss-reactive ketones (excluding diaryl/α,β-unsaturated/α-hetero) is 1. The SMILES string of the molecule is CC(C)CC(=O)CCNC(=O)CC#CC#CCC(=O)NCNC(=O)CC(C)C. The van der Waals surface area contributed by atoms with Gasteiger partial charge in [0.1, 0.15) is 5.78 Å². The molecule has 0 aliphatic heterocycles. The van der Waals surface area contributed by atoms with E-state index in [1.807, 2.05) is 27.7 Å². The summed E-state index contributed by atoms with van der Waals surface area (Å²) in [6, 6.07) is 0. The van der Waals surface area contributed by atoms with Crippen LogP contribution in [0.15, 0.2) is 0 Å². The Morgan fingerprint density at radius 3 is 1.75 bits per heavy atom. The molecule has 0 aliphatic rings. The second-order valence-corrected chi connectivity index (χ2v) is 7.17. The summed E-state index contributed by atoms with van der Waals surface area (Å²) in [6.45, 7) is 8.20. The molecule has 0 bridgehead atoms. The highest BCUT2D eigenvalue weighted by molar-refractivity contribution is 5.82. The van der Waals surface area contributed by atoms with E-state index in [-0.39, 0.29) is 48.9 Å². The van der Waals surface area contributed by atoms with E-state index in [0.29, 0.717) is 31.7 Å². The average Bonchev–Trinajstić information content (AvgIpc) is 2.56. The highest BCUT2D eigenvalue weighted by Crippen LogP contribution is 2.01. The number of hydrogen-bond acceptors (Lipinski definition) is 4. The van der Waals surface area contributed by atoms with Crippen molar-refractivity contribution in [2.24, 2.45) is 11.8 Å². The van der Waals surface area contributed by atoms with E-state index < -0.39 is 0 Å². The lowest BCUT2D eigenvalue weighted by molar-refractivity contribution is -0.123. The first-order valence-electron chi connectivity index (χ1n) is 9.48. The fourth-order valence-electron chi connectivity index (χ4n) is 2.05. The van der Waals surface area contributed by atoms with Gasteiger partial charge in [0.25, 0.3) is 0 Å². The molecule has 0 unspecified atom stereocenters. The summed E-state index contributed by atoms with van der Waals surface area (Å²) in [5.41, 5.74) is 0. The number of rotatable bonds is 11. The molecule has 28 heavy (non-hydrogen) atoms. The van der Waals surface area contributed by atoms with E-state index >= 15 is 0 Å². The van der Waals surface area contributed by atoms with Gasteiger partial charge < -0.3 is 16.0 Å². The Morgan fingerprint density at radius 1 is 0.714 bits per heavy atom. The fourth-order valence-corrected chi connectivity index (χ4v) is 2.05. The standard InChI is InChI=1S/C21H31N3O4/c1-16(2)13-18(25)11-12-22-19(26)9-7-5-6-8-10-20(27)23-15-24-21(28)14-17(3)4/h16-17H,9-15H2,1-4H3,(H,22,26)(H,23,27)(H,24,28). The highest BCUT2D eigenvalue weighted by atomic mass is 16.2. The molecule has 0 atom stereocenters. The lowest BCUT2D eigenvalue weighted by Crippen LogP contribution is -2.37. The zero-order chi connectivity index (χ0) is 21.4. The van der Waals surface area contributed by atoms with Crippen molar-refractivity contribution in [2.75, 3.05) is 13.2 Å². The van der Waals surface area contributed by atoms with Gasteiger partial charge in [-0.25, -0.2) is 0 Å². The minimum Gasteiger partial charge on any atom is -0.355 e. The van der Waals surface area contributed by atoms with E-state index in [1.54, 1.807) is 0 Å². The Kier molecular flexibility index (Phi) is 13.7. The zero-order valence-electron chi connectivity index (χ0n) is 17.2. The maximum atomic E-state index is 11.6. The van der Waals surface area contributed by atoms with Crippen molar-refractivity contribution in [3.05, 3.63) is 0 Å². The molecule has 7 nitrogen and oxygen atoms in total. The molecule has 3 amide bonds. The maximum Gasteiger partial charge on any atom is 0.233 e. The molecule has 0 radical (unpaired) electrons. The molecule has 7 heteroatoms. The lowest BCUT2D eigenvalue weighted by Gasteiger charge is -2.07. The van der Waals surface area contributed by atoms with Crippen LogP contribution in [0.2, 0.25) is 0 Å². The molecule has 0 aromatic rings. The van der Waals surface area contributed by atoms with Crippen LogP contribution in [0.4, 0.5) is 0 Å². The molecular weight excluding hydrogens is 358 g/mol. The van der Waals surface area contributed by atoms with E-state index in [4.69, 9.17) is 0 Å². The number of ketones is 1. The van der Waals surface area contributed by atoms with Gasteiger partial charge in [0.15, 0.2) is 0 Å². The Labute approximate surface area is 167 Å². The summed E-state index contributed by atoms with van der Waals surface area (Å²) >= 11 is 0. The van der Waals surface area contributed by atoms with Crippen molar-refractivity contribution in [1.82, 2.24) is 16.0 Å². The van der Waals surface area contributed by atoms with Crippen LogP contribution >= 0.6 is 0 Å². The lowest BCUT2D eigenvalue weighted by atomic mass is 10.1. The zero-order valence-corrected chi connectivity index (χ0v) is 17.2. The summed E-state index contributed by atoms with van der Waals surface area (Å²) < 4.78 is 0. The second-order valence-electron chi connectivity index (χ2n) is 7.17. The first-order valence-corrected chi connectivity index (χ1v) is 9.48. The summed E-state index contributed by atoms with van der Waals surface area (Å²) in [7, 11) is 0. The summed E-state index contributed by atoms with van der Waals surface area (Å²) in [4.78, 5) is 46.0. The van der Waals surface area contributed by atoms with Gasteiger partial charge >= 0.3 is 0 Å². The van der Waals surface area contributed by atoms with Gasteiger partial charge in [-0.05, 0) is 23.7 Å². The molecule has 154 valence electrons. The number of hydrogen-bond donors (Lipinski definition) is 3. The topological polar surface area (TPSA) is 104 Å². The Bertz CT molecular complexity index is 603. The van der Waals surface area contributed by atoms with Crippen molar-refractivity contribution in [2.45, 2.75) is 59.8 Å². The van der Waals surface area contributed by atoms with Crippen molar-refractivity contribution >= 4 is 23.5 Å². The summed E-state index contributed by atoms with van der Waals surface area (Å²) in [6.07, 6.45) is 1.19. The summed E-state index contributed by atoms with van der Waals surface area (Å²) in [5.74, 6) is 10.2. The second kappa shape index (κ2) is 15.3. The van der Waals surface area contributed by atoms with E-state index in [0.717, 1.165) is 0 Å². The van der Waals surface area contributed by atoms with Gasteiger partial charge in [-0.2, -0.15) is 0 Å². The van der Waals surface area contributed by atoms with E-state index in [1.165, 1.54) is 0 Å². The molecule has 0 aromatic heterocycles. The van der Waals surface area contributed by atoms with Crippen LogP contribution < -0.4 is 16.0 Å². The van der Waals surface area contributed by atoms with Gasteiger partial charge in [0, 0.05) is 25.8 Å². The molecule has 0 heterocycles. The number of carbonyl (C=O) groups excluding carboxylic acids is 4. The monoisotopic (exact) mass is 389 g/mol. The van der Waals surface area contributed by atoms with Crippen LogP contribution in [0.25, 0.3) is 0 Å². The Balaban J connectivity index is 3.88. The number of nitrogens with one attached hydrogen (secondary N) is 3. The molecular formula is C21H31N3O4. The molecule has 0 saturated carbocycles. The highest BCUT2D eigenvalue weighted by Gasteiger charge is 2.06. The van der Waals surface area contributed by atoms with Crippen molar-refractivity contribution in [3.8, 4) is 23.7 Å². The quantitative estimate of drug-likeness (QED) is 0.364. The molecule has 0 spiro atoms. The van der Waals surface area contributed by atoms with Gasteiger partial charge in [-0.3, -0.25) is 19.2 Å². The largest absolute Gasteiger partial charge is 0.355 e. The van der Waals surface area contributed by atoms with Crippen LogP contribution in [0.1, 0.15) is 59.8 Å². The van der Waals surface area contributed by atoms with Crippen LogP contribution in [0.3, 0.4) is 0 Å². The predicted molar refractivity (Wildman–Crippen MR) is 107 cm³/mol. The normalized spacial score (nSPS) is 9.64. The molecule has 0 fully saturated rings. The van der Waals surface area contributed by atoms with Crippen molar-refractivity contribution in [1.29, 1.82) is 0 Å². The Hall–Kier alpha value is -2.80.